The Morgan fingerprint density at radius 2 is 1.95 bits per heavy atom. The third-order valence-electron chi connectivity index (χ3n) is 8.60. The average molecular weight is 548 g/mol. The van der Waals surface area contributed by atoms with Gasteiger partial charge >= 0.3 is 0 Å². The number of carbonyl (C=O) groups is 2. The molecule has 0 bridgehead atoms. The van der Waals surface area contributed by atoms with E-state index in [1.54, 1.807) is 31.2 Å². The third-order valence-corrected chi connectivity index (χ3v) is 9.12. The van der Waals surface area contributed by atoms with Crippen molar-refractivity contribution in [3.63, 3.8) is 0 Å². The molecular formula is C28H32Cl2FN3O3. The van der Waals surface area contributed by atoms with Crippen LogP contribution >= 0.6 is 23.2 Å². The van der Waals surface area contributed by atoms with Crippen molar-refractivity contribution in [2.75, 3.05) is 5.32 Å². The second kappa shape index (κ2) is 9.23. The Hall–Kier alpha value is -2.19. The van der Waals surface area contributed by atoms with Gasteiger partial charge in [-0.3, -0.25) is 14.9 Å². The van der Waals surface area contributed by atoms with Crippen LogP contribution in [0, 0.1) is 5.82 Å². The highest BCUT2D eigenvalue weighted by Crippen LogP contribution is 2.61. The van der Waals surface area contributed by atoms with Crippen LogP contribution in [0.4, 0.5) is 10.1 Å². The molecule has 4 atom stereocenters. The minimum atomic E-state index is -1.30. The van der Waals surface area contributed by atoms with E-state index >= 15 is 4.39 Å². The number of carbonyl (C=O) groups excluding carboxylic acids is 2. The van der Waals surface area contributed by atoms with Crippen LogP contribution in [-0.2, 0) is 15.0 Å². The van der Waals surface area contributed by atoms with Gasteiger partial charge in [-0.05, 0) is 61.9 Å². The molecule has 6 nitrogen and oxygen atoms in total. The SMILES string of the molecule is CCCC1(CC)N[C@@H](C(=O)N[C@H]2C[C@@](C)(O)C2)[C@H](c2cccc(Cl)c2F)[C@]12C(=O)Nc1cc(Cl)ccc12. The Bertz CT molecular complexity index is 1260. The Kier molecular flexibility index (Phi) is 6.59. The predicted molar refractivity (Wildman–Crippen MR) is 143 cm³/mol. The Labute approximate surface area is 226 Å². The van der Waals surface area contributed by atoms with E-state index in [0.29, 0.717) is 42.0 Å². The van der Waals surface area contributed by atoms with Gasteiger partial charge in [0.05, 0.1) is 16.7 Å². The smallest absolute Gasteiger partial charge is 0.238 e. The van der Waals surface area contributed by atoms with Crippen LogP contribution in [0.15, 0.2) is 36.4 Å². The van der Waals surface area contributed by atoms with E-state index in [9.17, 15) is 14.7 Å². The zero-order valence-electron chi connectivity index (χ0n) is 21.1. The van der Waals surface area contributed by atoms with Gasteiger partial charge in [0.25, 0.3) is 0 Å². The van der Waals surface area contributed by atoms with Crippen LogP contribution in [-0.4, -0.2) is 40.1 Å². The summed E-state index contributed by atoms with van der Waals surface area (Å²) in [6, 6.07) is 8.85. The summed E-state index contributed by atoms with van der Waals surface area (Å²) in [4.78, 5) is 28.1. The summed E-state index contributed by atoms with van der Waals surface area (Å²) in [7, 11) is 0. The highest BCUT2D eigenvalue weighted by Gasteiger charge is 2.71. The molecule has 1 aliphatic carbocycles. The fraction of sp³-hybridized carbons (Fsp3) is 0.500. The van der Waals surface area contributed by atoms with Gasteiger partial charge in [0.15, 0.2) is 0 Å². The highest BCUT2D eigenvalue weighted by molar-refractivity contribution is 6.31. The van der Waals surface area contributed by atoms with Crippen LogP contribution in [0.5, 0.6) is 0 Å². The Morgan fingerprint density at radius 3 is 2.59 bits per heavy atom. The molecule has 1 unspecified atom stereocenters. The van der Waals surface area contributed by atoms with Crippen molar-refractivity contribution in [2.24, 2.45) is 0 Å². The lowest BCUT2D eigenvalue weighted by Gasteiger charge is -2.44. The molecule has 4 N–H and O–H groups in total. The first-order valence-electron chi connectivity index (χ1n) is 12.9. The fourth-order valence-corrected chi connectivity index (χ4v) is 7.53. The molecule has 3 aliphatic rings. The number of benzene rings is 2. The van der Waals surface area contributed by atoms with Gasteiger partial charge in [0.1, 0.15) is 11.2 Å². The Morgan fingerprint density at radius 1 is 1.22 bits per heavy atom. The molecule has 0 aromatic heterocycles. The summed E-state index contributed by atoms with van der Waals surface area (Å²) in [5.41, 5.74) is -1.49. The number of rotatable bonds is 6. The summed E-state index contributed by atoms with van der Waals surface area (Å²) in [5, 5.41) is 20.2. The first-order valence-corrected chi connectivity index (χ1v) is 13.6. The largest absolute Gasteiger partial charge is 0.390 e. The summed E-state index contributed by atoms with van der Waals surface area (Å²) < 4.78 is 15.8. The molecule has 2 amide bonds. The minimum Gasteiger partial charge on any atom is -0.390 e. The lowest BCUT2D eigenvalue weighted by Crippen LogP contribution is -2.59. The maximum atomic E-state index is 15.8. The molecule has 2 aromatic carbocycles. The van der Waals surface area contributed by atoms with Gasteiger partial charge in [0.2, 0.25) is 11.8 Å². The minimum absolute atomic E-state index is 0.0685. The van der Waals surface area contributed by atoms with Crippen molar-refractivity contribution >= 4 is 40.7 Å². The summed E-state index contributed by atoms with van der Waals surface area (Å²) in [6.07, 6.45) is 2.71. The Balaban J connectivity index is 1.73. The van der Waals surface area contributed by atoms with Crippen molar-refractivity contribution in [1.29, 1.82) is 0 Å². The zero-order chi connectivity index (χ0) is 26.8. The number of halogens is 3. The van der Waals surface area contributed by atoms with E-state index in [-0.39, 0.29) is 28.4 Å². The van der Waals surface area contributed by atoms with Crippen molar-refractivity contribution in [2.45, 2.75) is 87.4 Å². The van der Waals surface area contributed by atoms with Gasteiger partial charge in [-0.1, -0.05) is 61.7 Å². The van der Waals surface area contributed by atoms with E-state index in [4.69, 9.17) is 23.2 Å². The summed E-state index contributed by atoms with van der Waals surface area (Å²) >= 11 is 12.5. The molecule has 2 aromatic rings. The van der Waals surface area contributed by atoms with E-state index < -0.39 is 34.3 Å². The second-order valence-electron chi connectivity index (χ2n) is 11.0. The van der Waals surface area contributed by atoms with Crippen LogP contribution in [0.2, 0.25) is 10.0 Å². The standard InChI is InChI=1S/C28H32Cl2FN3O3/c1-4-11-27(5-2)28(18-10-9-15(29)12-20(18)33-25(28)36)21(17-7-6-8-19(30)22(17)31)23(34-27)24(35)32-16-13-26(3,37)14-16/h6-10,12,16,21,23,34,37H,4-5,11,13-14H2,1-3H3,(H,32,35)(H,33,36)/t16-,21-,23+,26+,27?,28+/m0/s1. The second-order valence-corrected chi connectivity index (χ2v) is 11.8. The van der Waals surface area contributed by atoms with Crippen LogP contribution in [0.3, 0.4) is 0 Å². The number of hydrogen-bond donors (Lipinski definition) is 4. The monoisotopic (exact) mass is 547 g/mol. The zero-order valence-corrected chi connectivity index (χ0v) is 22.6. The normalized spacial score (nSPS) is 34.2. The van der Waals surface area contributed by atoms with Gasteiger partial charge in [-0.25, -0.2) is 4.39 Å². The summed E-state index contributed by atoms with van der Waals surface area (Å²) in [5.74, 6) is -2.15. The lowest BCUT2D eigenvalue weighted by atomic mass is 9.57. The van der Waals surface area contributed by atoms with Gasteiger partial charge in [-0.15, -0.1) is 0 Å². The maximum absolute atomic E-state index is 15.8. The van der Waals surface area contributed by atoms with E-state index in [1.807, 2.05) is 19.9 Å². The molecule has 1 saturated heterocycles. The summed E-state index contributed by atoms with van der Waals surface area (Å²) in [6.45, 7) is 5.75. The van der Waals surface area contributed by atoms with Gasteiger partial charge in [0, 0.05) is 28.2 Å². The van der Waals surface area contributed by atoms with Gasteiger partial charge in [-0.2, -0.15) is 0 Å². The highest BCUT2D eigenvalue weighted by atomic mass is 35.5. The number of aliphatic hydroxyl groups is 1. The molecule has 2 heterocycles. The molecule has 2 fully saturated rings. The molecule has 1 spiro atoms. The first kappa shape index (κ1) is 26.4. The van der Waals surface area contributed by atoms with Crippen LogP contribution in [0.25, 0.3) is 0 Å². The maximum Gasteiger partial charge on any atom is 0.238 e. The lowest BCUT2D eigenvalue weighted by molar-refractivity contribution is -0.127. The average Bonchev–Trinajstić information content (AvgIpc) is 3.28. The number of anilines is 1. The van der Waals surface area contributed by atoms with E-state index in [0.717, 1.165) is 6.42 Å². The molecule has 0 radical (unpaired) electrons. The molecule has 5 rings (SSSR count). The van der Waals surface area contributed by atoms with Crippen molar-refractivity contribution in [3.05, 3.63) is 63.4 Å². The van der Waals surface area contributed by atoms with Crippen molar-refractivity contribution in [3.8, 4) is 0 Å². The number of nitrogens with one attached hydrogen (secondary N) is 3. The van der Waals surface area contributed by atoms with E-state index in [1.165, 1.54) is 6.07 Å². The van der Waals surface area contributed by atoms with Gasteiger partial charge < -0.3 is 15.7 Å². The number of fused-ring (bicyclic) bond motifs is 2. The van der Waals surface area contributed by atoms with Crippen molar-refractivity contribution < 1.29 is 19.1 Å². The molecular weight excluding hydrogens is 516 g/mol. The molecule has 9 heteroatoms. The number of hydrogen-bond acceptors (Lipinski definition) is 4. The third kappa shape index (κ3) is 3.89. The molecule has 198 valence electrons. The van der Waals surface area contributed by atoms with Crippen LogP contribution < -0.4 is 16.0 Å². The topological polar surface area (TPSA) is 90.5 Å². The molecule has 37 heavy (non-hydrogen) atoms. The first-order chi connectivity index (χ1) is 17.5. The molecule has 1 saturated carbocycles. The fourth-order valence-electron chi connectivity index (χ4n) is 7.17. The predicted octanol–water partition coefficient (Wildman–Crippen LogP) is 5.06. The van der Waals surface area contributed by atoms with Crippen molar-refractivity contribution in [1.82, 2.24) is 10.6 Å². The number of amides is 2. The quantitative estimate of drug-likeness (QED) is 0.407. The molecule has 2 aliphatic heterocycles. The van der Waals surface area contributed by atoms with E-state index in [2.05, 4.69) is 16.0 Å². The van der Waals surface area contributed by atoms with Crippen LogP contribution in [0.1, 0.15) is 69.9 Å².